The van der Waals surface area contributed by atoms with E-state index in [0.29, 0.717) is 17.1 Å². The molecule has 0 spiro atoms. The summed E-state index contributed by atoms with van der Waals surface area (Å²) >= 11 is 6.12. The predicted molar refractivity (Wildman–Crippen MR) is 76.6 cm³/mol. The fourth-order valence-corrected chi connectivity index (χ4v) is 1.85. The molecule has 0 bridgehead atoms. The maximum absolute atomic E-state index is 9.42. The number of amidine groups is 1. The van der Waals surface area contributed by atoms with E-state index in [4.69, 9.17) is 22.5 Å². The van der Waals surface area contributed by atoms with Crippen LogP contribution < -0.4 is 11.1 Å². The van der Waals surface area contributed by atoms with Gasteiger partial charge in [-0.05, 0) is 31.0 Å². The average Bonchev–Trinajstić information content (AvgIpc) is 2.43. The number of nitrogens with zero attached hydrogens (tertiary/aromatic N) is 1. The minimum absolute atomic E-state index is 0.0347. The molecular weight excluding hydrogens is 266 g/mol. The first kappa shape index (κ1) is 15.8. The highest BCUT2D eigenvalue weighted by atomic mass is 35.5. The molecule has 0 aliphatic carbocycles. The third-order valence-electron chi connectivity index (χ3n) is 2.90. The van der Waals surface area contributed by atoms with Gasteiger partial charge in [0.15, 0.2) is 5.84 Å². The highest BCUT2D eigenvalue weighted by molar-refractivity contribution is 6.31. The van der Waals surface area contributed by atoms with Crippen molar-refractivity contribution < 1.29 is 10.3 Å². The fraction of sp³-hybridized carbons (Fsp3) is 0.462. The van der Waals surface area contributed by atoms with Crippen LogP contribution in [0.25, 0.3) is 0 Å². The van der Waals surface area contributed by atoms with Gasteiger partial charge in [-0.1, -0.05) is 35.8 Å². The van der Waals surface area contributed by atoms with E-state index in [9.17, 15) is 5.11 Å². The third kappa shape index (κ3) is 5.06. The molecule has 5 N–H and O–H groups in total. The van der Waals surface area contributed by atoms with E-state index in [1.807, 2.05) is 13.0 Å². The predicted octanol–water partition coefficient (Wildman–Crippen LogP) is 1.69. The number of nitrogens with one attached hydrogen (secondary N) is 1. The van der Waals surface area contributed by atoms with Gasteiger partial charge in [-0.3, -0.25) is 0 Å². The van der Waals surface area contributed by atoms with Crippen LogP contribution in [-0.4, -0.2) is 28.8 Å². The molecule has 19 heavy (non-hydrogen) atoms. The Morgan fingerprint density at radius 1 is 1.53 bits per heavy atom. The van der Waals surface area contributed by atoms with Gasteiger partial charge in [0.25, 0.3) is 0 Å². The van der Waals surface area contributed by atoms with Crippen LogP contribution in [0.3, 0.4) is 0 Å². The lowest BCUT2D eigenvalue weighted by Crippen LogP contribution is -2.20. The van der Waals surface area contributed by atoms with Gasteiger partial charge in [0.1, 0.15) is 0 Å². The van der Waals surface area contributed by atoms with Crippen LogP contribution in [0, 0.1) is 0 Å². The largest absolute Gasteiger partial charge is 0.409 e. The van der Waals surface area contributed by atoms with Gasteiger partial charge >= 0.3 is 0 Å². The Bertz CT molecular complexity index is 438. The lowest BCUT2D eigenvalue weighted by atomic mass is 10.1. The molecule has 0 radical (unpaired) electrons. The Balaban J connectivity index is 2.51. The van der Waals surface area contributed by atoms with Gasteiger partial charge in [0.05, 0.1) is 6.10 Å². The molecule has 0 fully saturated rings. The van der Waals surface area contributed by atoms with Gasteiger partial charge in [0.2, 0.25) is 0 Å². The van der Waals surface area contributed by atoms with E-state index in [0.717, 1.165) is 24.9 Å². The molecule has 0 aromatic heterocycles. The summed E-state index contributed by atoms with van der Waals surface area (Å²) in [5.41, 5.74) is 7.00. The van der Waals surface area contributed by atoms with Gasteiger partial charge in [-0.25, -0.2) is 0 Å². The summed E-state index contributed by atoms with van der Waals surface area (Å²) < 4.78 is 0. The van der Waals surface area contributed by atoms with Crippen molar-refractivity contribution in [3.63, 3.8) is 0 Å². The molecule has 0 aliphatic heterocycles. The van der Waals surface area contributed by atoms with Crippen molar-refractivity contribution in [2.75, 3.05) is 6.54 Å². The Labute approximate surface area is 118 Å². The molecule has 5 nitrogen and oxygen atoms in total. The summed E-state index contributed by atoms with van der Waals surface area (Å²) in [4.78, 5) is 0. The zero-order valence-electron chi connectivity index (χ0n) is 10.9. The first-order chi connectivity index (χ1) is 9.08. The molecule has 0 aliphatic rings. The fourth-order valence-electron chi connectivity index (χ4n) is 1.60. The summed E-state index contributed by atoms with van der Waals surface area (Å²) in [6.45, 7) is 3.30. The molecular formula is C13H20ClN3O2. The Morgan fingerprint density at radius 3 is 2.84 bits per heavy atom. The summed E-state index contributed by atoms with van der Waals surface area (Å²) in [6.07, 6.45) is 1.22. The van der Waals surface area contributed by atoms with Gasteiger partial charge in [-0.15, -0.1) is 0 Å². The van der Waals surface area contributed by atoms with E-state index in [-0.39, 0.29) is 11.9 Å². The lowest BCUT2D eigenvalue weighted by Gasteiger charge is -2.10. The molecule has 106 valence electrons. The molecule has 1 unspecified atom stereocenters. The maximum atomic E-state index is 9.42. The smallest absolute Gasteiger partial charge is 0.170 e. The highest BCUT2D eigenvalue weighted by Crippen LogP contribution is 2.17. The summed E-state index contributed by atoms with van der Waals surface area (Å²) in [5, 5.41) is 24.7. The van der Waals surface area contributed by atoms with Gasteiger partial charge in [0, 0.05) is 17.1 Å². The molecule has 0 amide bonds. The van der Waals surface area contributed by atoms with Crippen LogP contribution >= 0.6 is 11.6 Å². The van der Waals surface area contributed by atoms with E-state index >= 15 is 0 Å². The molecule has 1 aromatic carbocycles. The van der Waals surface area contributed by atoms with Crippen molar-refractivity contribution >= 4 is 17.4 Å². The number of halogens is 1. The first-order valence-corrected chi connectivity index (χ1v) is 6.61. The van der Waals surface area contributed by atoms with Crippen LogP contribution in [-0.2, 0) is 6.54 Å². The van der Waals surface area contributed by atoms with E-state index in [2.05, 4.69) is 10.5 Å². The second-order valence-electron chi connectivity index (χ2n) is 4.32. The third-order valence-corrected chi connectivity index (χ3v) is 3.25. The molecule has 1 rings (SSSR count). The summed E-state index contributed by atoms with van der Waals surface area (Å²) in [5.74, 6) is 0.0347. The van der Waals surface area contributed by atoms with Crippen molar-refractivity contribution in [3.8, 4) is 0 Å². The topological polar surface area (TPSA) is 90.9 Å². The maximum Gasteiger partial charge on any atom is 0.170 e. The Morgan fingerprint density at radius 2 is 2.26 bits per heavy atom. The van der Waals surface area contributed by atoms with Gasteiger partial charge in [-0.2, -0.15) is 0 Å². The number of rotatable bonds is 7. The van der Waals surface area contributed by atoms with Gasteiger partial charge < -0.3 is 21.4 Å². The summed E-state index contributed by atoms with van der Waals surface area (Å²) in [6, 6.07) is 5.24. The second kappa shape index (κ2) is 7.99. The standard InChI is InChI=1S/C13H20ClN3O2/c1-2-11(18)5-6-16-8-10-4-3-9(7-12(10)14)13(15)17-19/h3-4,7,11,16,18-19H,2,5-6,8H2,1H3,(H2,15,17). The SMILES string of the molecule is CCC(O)CCNCc1ccc(/C(N)=N/O)cc1Cl. The van der Waals surface area contributed by atoms with E-state index in [1.165, 1.54) is 0 Å². The Kier molecular flexibility index (Phi) is 6.62. The van der Waals surface area contributed by atoms with Crippen LogP contribution in [0.5, 0.6) is 0 Å². The lowest BCUT2D eigenvalue weighted by molar-refractivity contribution is 0.159. The second-order valence-corrected chi connectivity index (χ2v) is 4.73. The molecule has 0 heterocycles. The zero-order chi connectivity index (χ0) is 14.3. The monoisotopic (exact) mass is 285 g/mol. The van der Waals surface area contributed by atoms with Crippen LogP contribution in [0.4, 0.5) is 0 Å². The molecule has 6 heteroatoms. The first-order valence-electron chi connectivity index (χ1n) is 6.23. The normalized spacial score (nSPS) is 13.5. The number of benzene rings is 1. The number of aliphatic hydroxyl groups excluding tert-OH is 1. The number of aliphatic hydroxyl groups is 1. The molecule has 1 aromatic rings. The molecule has 0 saturated carbocycles. The zero-order valence-corrected chi connectivity index (χ0v) is 11.7. The number of nitrogens with two attached hydrogens (primary N) is 1. The van der Waals surface area contributed by atoms with Crippen LogP contribution in [0.2, 0.25) is 5.02 Å². The van der Waals surface area contributed by atoms with Crippen molar-refractivity contribution in [1.29, 1.82) is 0 Å². The minimum Gasteiger partial charge on any atom is -0.409 e. The van der Waals surface area contributed by atoms with Crippen molar-refractivity contribution in [1.82, 2.24) is 5.32 Å². The number of hydrogen-bond acceptors (Lipinski definition) is 4. The summed E-state index contributed by atoms with van der Waals surface area (Å²) in [7, 11) is 0. The highest BCUT2D eigenvalue weighted by Gasteiger charge is 2.05. The van der Waals surface area contributed by atoms with E-state index < -0.39 is 0 Å². The molecule has 1 atom stereocenters. The number of hydrogen-bond donors (Lipinski definition) is 4. The average molecular weight is 286 g/mol. The van der Waals surface area contributed by atoms with Crippen molar-refractivity contribution in [2.45, 2.75) is 32.4 Å². The van der Waals surface area contributed by atoms with E-state index in [1.54, 1.807) is 12.1 Å². The van der Waals surface area contributed by atoms with Crippen LogP contribution in [0.1, 0.15) is 30.9 Å². The number of oxime groups is 1. The van der Waals surface area contributed by atoms with Crippen molar-refractivity contribution in [2.24, 2.45) is 10.9 Å². The quantitative estimate of drug-likeness (QED) is 0.202. The minimum atomic E-state index is -0.258. The van der Waals surface area contributed by atoms with Crippen molar-refractivity contribution in [3.05, 3.63) is 34.3 Å². The Hall–Kier alpha value is -1.30. The van der Waals surface area contributed by atoms with Crippen LogP contribution in [0.15, 0.2) is 23.4 Å². The molecule has 0 saturated heterocycles.